The number of carbonyl (C=O) groups excluding carboxylic acids is 1. The van der Waals surface area contributed by atoms with Crippen molar-refractivity contribution in [1.82, 2.24) is 20.0 Å². The molecule has 1 atom stereocenters. The molecule has 3 aromatic rings. The maximum Gasteiger partial charge on any atom is 0.271 e. The zero-order chi connectivity index (χ0) is 22.3. The number of methoxy groups -OCH3 is 1. The van der Waals surface area contributed by atoms with E-state index >= 15 is 0 Å². The van der Waals surface area contributed by atoms with Crippen molar-refractivity contribution < 1.29 is 9.53 Å². The van der Waals surface area contributed by atoms with Gasteiger partial charge in [0, 0.05) is 18.2 Å². The fourth-order valence-corrected chi connectivity index (χ4v) is 4.15. The molecule has 1 amide bonds. The average molecular weight is 433 g/mol. The van der Waals surface area contributed by atoms with Crippen molar-refractivity contribution in [3.63, 3.8) is 0 Å². The van der Waals surface area contributed by atoms with Crippen LogP contribution in [-0.2, 0) is 6.54 Å². The molecule has 1 aliphatic rings. The molecule has 7 heteroatoms. The number of hydrogen-bond acceptors (Lipinski definition) is 5. The zero-order valence-corrected chi connectivity index (χ0v) is 18.2. The monoisotopic (exact) mass is 432 g/mol. The molecule has 0 bridgehead atoms. The topological polar surface area (TPSA) is 76.5 Å². The third-order valence-electron chi connectivity index (χ3n) is 5.81. The van der Waals surface area contributed by atoms with Crippen LogP contribution in [0.2, 0.25) is 0 Å². The molecule has 4 rings (SSSR count). The molecule has 1 saturated heterocycles. The molecule has 0 spiro atoms. The average Bonchev–Trinajstić information content (AvgIpc) is 3.36. The molecule has 0 radical (unpaired) electrons. The first-order chi connectivity index (χ1) is 15.7. The Morgan fingerprint density at radius 1 is 1.03 bits per heavy atom. The van der Waals surface area contributed by atoms with Crippen LogP contribution in [0.5, 0.6) is 5.75 Å². The van der Waals surface area contributed by atoms with E-state index in [1.165, 1.54) is 16.8 Å². The largest absolute Gasteiger partial charge is 0.496 e. The van der Waals surface area contributed by atoms with Gasteiger partial charge in [-0.15, -0.1) is 0 Å². The molecule has 2 heterocycles. The first-order valence-electron chi connectivity index (χ1n) is 10.9. The van der Waals surface area contributed by atoms with E-state index in [0.29, 0.717) is 13.1 Å². The molecule has 1 aliphatic heterocycles. The minimum atomic E-state index is -0.300. The van der Waals surface area contributed by atoms with Gasteiger partial charge in [0.1, 0.15) is 11.4 Å². The maximum absolute atomic E-state index is 12.9. The van der Waals surface area contributed by atoms with E-state index in [9.17, 15) is 9.59 Å². The Morgan fingerprint density at radius 3 is 2.50 bits per heavy atom. The Balaban J connectivity index is 1.51. The highest BCUT2D eigenvalue weighted by molar-refractivity contribution is 5.92. The van der Waals surface area contributed by atoms with Crippen LogP contribution in [0.1, 0.15) is 40.5 Å². The molecule has 2 aromatic carbocycles. The van der Waals surface area contributed by atoms with E-state index in [2.05, 4.69) is 15.3 Å². The fraction of sp³-hybridized carbons (Fsp3) is 0.320. The van der Waals surface area contributed by atoms with Crippen molar-refractivity contribution >= 4 is 5.91 Å². The van der Waals surface area contributed by atoms with E-state index in [4.69, 9.17) is 4.74 Å². The number of nitrogens with one attached hydrogen (secondary N) is 1. The van der Waals surface area contributed by atoms with E-state index in [1.54, 1.807) is 7.11 Å². The molecule has 0 aliphatic carbocycles. The number of rotatable bonds is 8. The number of amides is 1. The van der Waals surface area contributed by atoms with Crippen LogP contribution in [0.4, 0.5) is 0 Å². The Hall–Kier alpha value is -3.45. The number of nitrogens with zero attached hydrogens (tertiary/aromatic N) is 3. The molecule has 1 N–H and O–H groups in total. The highest BCUT2D eigenvalue weighted by atomic mass is 16.5. The van der Waals surface area contributed by atoms with Crippen molar-refractivity contribution in [2.75, 3.05) is 26.7 Å². The van der Waals surface area contributed by atoms with Crippen molar-refractivity contribution in [2.45, 2.75) is 25.4 Å². The molecule has 1 unspecified atom stereocenters. The molecule has 1 aromatic heterocycles. The predicted octanol–water partition coefficient (Wildman–Crippen LogP) is 2.87. The summed E-state index contributed by atoms with van der Waals surface area (Å²) < 4.78 is 6.89. The molecular formula is C25H28N4O3. The standard InChI is InChI=1S/C25H28N4O3/c1-32-23-12-6-5-11-20(23)22(28-15-7-8-16-28)17-26-25(31)21-13-14-24(30)29(27-21)18-19-9-3-2-4-10-19/h2-6,9-14,22H,7-8,15-18H2,1H3,(H,26,31). The van der Waals surface area contributed by atoms with Crippen molar-refractivity contribution in [3.05, 3.63) is 93.9 Å². The molecule has 0 saturated carbocycles. The van der Waals surface area contributed by atoms with Gasteiger partial charge in [0.2, 0.25) is 0 Å². The van der Waals surface area contributed by atoms with Crippen molar-refractivity contribution in [1.29, 1.82) is 0 Å². The highest BCUT2D eigenvalue weighted by Gasteiger charge is 2.26. The van der Waals surface area contributed by atoms with Gasteiger partial charge in [-0.25, -0.2) is 4.68 Å². The van der Waals surface area contributed by atoms with E-state index in [-0.39, 0.29) is 23.2 Å². The van der Waals surface area contributed by atoms with Gasteiger partial charge in [-0.1, -0.05) is 48.5 Å². The highest BCUT2D eigenvalue weighted by Crippen LogP contribution is 2.31. The number of carbonyl (C=O) groups is 1. The van der Waals surface area contributed by atoms with Gasteiger partial charge in [-0.2, -0.15) is 5.10 Å². The van der Waals surface area contributed by atoms with Crippen LogP contribution in [0, 0.1) is 0 Å². The van der Waals surface area contributed by atoms with Gasteiger partial charge in [-0.3, -0.25) is 14.5 Å². The van der Waals surface area contributed by atoms with E-state index in [1.807, 2.05) is 54.6 Å². The lowest BCUT2D eigenvalue weighted by atomic mass is 10.0. The molecular weight excluding hydrogens is 404 g/mol. The van der Waals surface area contributed by atoms with Crippen LogP contribution >= 0.6 is 0 Å². The quantitative estimate of drug-likeness (QED) is 0.592. The third kappa shape index (κ3) is 5.06. The van der Waals surface area contributed by atoms with Crippen LogP contribution in [-0.4, -0.2) is 47.3 Å². The second kappa shape index (κ2) is 10.2. The number of benzene rings is 2. The summed E-state index contributed by atoms with van der Waals surface area (Å²) in [6.45, 7) is 2.72. The van der Waals surface area contributed by atoms with Gasteiger partial charge in [0.25, 0.3) is 11.5 Å². The summed E-state index contributed by atoms with van der Waals surface area (Å²) >= 11 is 0. The minimum Gasteiger partial charge on any atom is -0.496 e. The van der Waals surface area contributed by atoms with Gasteiger partial charge >= 0.3 is 0 Å². The summed E-state index contributed by atoms with van der Waals surface area (Å²) in [7, 11) is 1.67. The SMILES string of the molecule is COc1ccccc1C(CNC(=O)c1ccc(=O)n(Cc2ccccc2)n1)N1CCCC1. The van der Waals surface area contributed by atoms with Crippen LogP contribution in [0.15, 0.2) is 71.5 Å². The summed E-state index contributed by atoms with van der Waals surface area (Å²) in [5.41, 5.74) is 1.99. The molecule has 32 heavy (non-hydrogen) atoms. The van der Waals surface area contributed by atoms with Crippen LogP contribution in [0.3, 0.4) is 0 Å². The zero-order valence-electron chi connectivity index (χ0n) is 18.2. The third-order valence-corrected chi connectivity index (χ3v) is 5.81. The predicted molar refractivity (Wildman–Crippen MR) is 123 cm³/mol. The first kappa shape index (κ1) is 21.8. The smallest absolute Gasteiger partial charge is 0.271 e. The number of ether oxygens (including phenoxy) is 1. The molecule has 7 nitrogen and oxygen atoms in total. The second-order valence-corrected chi connectivity index (χ2v) is 7.91. The normalized spacial score (nSPS) is 14.8. The van der Waals surface area contributed by atoms with Gasteiger partial charge in [0.15, 0.2) is 0 Å². The minimum absolute atomic E-state index is 0.00724. The second-order valence-electron chi connectivity index (χ2n) is 7.91. The van der Waals surface area contributed by atoms with E-state index < -0.39 is 0 Å². The summed E-state index contributed by atoms with van der Waals surface area (Å²) in [5.74, 6) is 0.513. The molecule has 1 fully saturated rings. The Labute approximate surface area is 187 Å². The number of likely N-dealkylation sites (tertiary alicyclic amines) is 1. The summed E-state index contributed by atoms with van der Waals surface area (Å²) in [5, 5.41) is 7.33. The van der Waals surface area contributed by atoms with E-state index in [0.717, 1.165) is 42.8 Å². The molecule has 166 valence electrons. The van der Waals surface area contributed by atoms with Gasteiger partial charge in [-0.05, 0) is 43.6 Å². The first-order valence-corrected chi connectivity index (χ1v) is 10.9. The lowest BCUT2D eigenvalue weighted by Gasteiger charge is -2.29. The van der Waals surface area contributed by atoms with Gasteiger partial charge < -0.3 is 10.1 Å². The lowest BCUT2D eigenvalue weighted by Crippen LogP contribution is -2.38. The number of hydrogen-bond donors (Lipinski definition) is 1. The Bertz CT molecular complexity index is 1110. The Kier molecular flexibility index (Phi) is 6.97. The lowest BCUT2D eigenvalue weighted by molar-refractivity contribution is 0.0930. The van der Waals surface area contributed by atoms with Crippen LogP contribution in [0.25, 0.3) is 0 Å². The van der Waals surface area contributed by atoms with Crippen molar-refractivity contribution in [3.8, 4) is 5.75 Å². The number of aromatic nitrogens is 2. The summed E-state index contributed by atoms with van der Waals surface area (Å²) in [4.78, 5) is 27.5. The van der Waals surface area contributed by atoms with Gasteiger partial charge in [0.05, 0.1) is 19.7 Å². The Morgan fingerprint density at radius 2 is 1.75 bits per heavy atom. The summed E-state index contributed by atoms with van der Waals surface area (Å²) in [6, 6.07) is 20.4. The maximum atomic E-state index is 12.9. The number of para-hydroxylation sites is 1. The van der Waals surface area contributed by atoms with Crippen molar-refractivity contribution in [2.24, 2.45) is 0 Å². The fourth-order valence-electron chi connectivity index (χ4n) is 4.15. The van der Waals surface area contributed by atoms with Crippen LogP contribution < -0.4 is 15.6 Å². The summed E-state index contributed by atoms with van der Waals surface area (Å²) in [6.07, 6.45) is 2.29.